The molecule has 0 saturated heterocycles. The van der Waals surface area contributed by atoms with Gasteiger partial charge in [0.25, 0.3) is 0 Å². The van der Waals surface area contributed by atoms with Gasteiger partial charge in [0.2, 0.25) is 0 Å². The maximum Gasteiger partial charge on any atom is 0.303 e. The maximum atomic E-state index is 14.2. The van der Waals surface area contributed by atoms with Gasteiger partial charge in [0.1, 0.15) is 18.2 Å². The second kappa shape index (κ2) is 12.3. The van der Waals surface area contributed by atoms with E-state index in [9.17, 15) is 9.18 Å². The Morgan fingerprint density at radius 2 is 1.81 bits per heavy atom. The van der Waals surface area contributed by atoms with Gasteiger partial charge < -0.3 is 14.7 Å². The van der Waals surface area contributed by atoms with Crippen LogP contribution in [0.4, 0.5) is 9.52 Å². The molecule has 4 rings (SSSR count). The first kappa shape index (κ1) is 25.4. The third-order valence-electron chi connectivity index (χ3n) is 5.76. The zero-order valence-corrected chi connectivity index (χ0v) is 21.0. The summed E-state index contributed by atoms with van der Waals surface area (Å²) < 4.78 is 20.0. The highest BCUT2D eigenvalue weighted by Crippen LogP contribution is 2.28. The monoisotopic (exact) mass is 504 g/mol. The molecule has 1 heterocycles. The van der Waals surface area contributed by atoms with Gasteiger partial charge in [0.15, 0.2) is 5.13 Å². The summed E-state index contributed by atoms with van der Waals surface area (Å²) in [5.41, 5.74) is 4.65. The fraction of sp³-hybridized carbons (Fsp3) is 0.241. The predicted molar refractivity (Wildman–Crippen MR) is 142 cm³/mol. The van der Waals surface area contributed by atoms with E-state index in [2.05, 4.69) is 41.5 Å². The molecule has 1 aromatic heterocycles. The van der Waals surface area contributed by atoms with Gasteiger partial charge in [-0.1, -0.05) is 67.6 Å². The standard InChI is InChI=1S/C29H29FN2O3S/c1-2-16-32(29-31-27(20-36-29)24-6-4-3-5-7-24)18-21-8-10-22(11-9-21)19-35-25-14-12-23(26(30)17-25)13-15-28(33)34/h3-12,14,17,20H,2,13,15-16,18-19H2,1H3,(H,33,34). The molecular formula is C29H29FN2O3S. The molecule has 0 bridgehead atoms. The molecule has 0 amide bonds. The van der Waals surface area contributed by atoms with E-state index >= 15 is 0 Å². The van der Waals surface area contributed by atoms with Gasteiger partial charge in [-0.2, -0.15) is 0 Å². The molecule has 0 spiro atoms. The van der Waals surface area contributed by atoms with Crippen LogP contribution in [0.25, 0.3) is 11.3 Å². The fourth-order valence-corrected chi connectivity index (χ4v) is 4.72. The molecule has 0 fully saturated rings. The molecule has 0 aliphatic heterocycles. The smallest absolute Gasteiger partial charge is 0.303 e. The Hall–Kier alpha value is -3.71. The molecule has 186 valence electrons. The van der Waals surface area contributed by atoms with Crippen LogP contribution in [0.2, 0.25) is 0 Å². The lowest BCUT2D eigenvalue weighted by atomic mass is 10.1. The molecule has 3 aromatic carbocycles. The van der Waals surface area contributed by atoms with Crippen molar-refractivity contribution in [1.82, 2.24) is 4.98 Å². The topological polar surface area (TPSA) is 62.7 Å². The van der Waals surface area contributed by atoms with Crippen molar-refractivity contribution in [3.05, 3.63) is 101 Å². The molecule has 0 atom stereocenters. The number of aryl methyl sites for hydroxylation is 1. The SMILES string of the molecule is CCCN(Cc1ccc(COc2ccc(CCC(=O)O)c(F)c2)cc1)c1nc(-c2ccccc2)cs1. The summed E-state index contributed by atoms with van der Waals surface area (Å²) in [4.78, 5) is 17.9. The lowest BCUT2D eigenvalue weighted by Gasteiger charge is -2.21. The van der Waals surface area contributed by atoms with Gasteiger partial charge in [-0.05, 0) is 35.6 Å². The number of carboxylic acids is 1. The number of hydrogen-bond acceptors (Lipinski definition) is 5. The fourth-order valence-electron chi connectivity index (χ4n) is 3.85. The van der Waals surface area contributed by atoms with Crippen molar-refractivity contribution in [2.75, 3.05) is 11.4 Å². The van der Waals surface area contributed by atoms with Crippen molar-refractivity contribution in [2.24, 2.45) is 0 Å². The molecule has 1 N–H and O–H groups in total. The number of rotatable bonds is 12. The van der Waals surface area contributed by atoms with E-state index in [1.54, 1.807) is 23.5 Å². The van der Waals surface area contributed by atoms with Crippen LogP contribution in [0.1, 0.15) is 36.5 Å². The van der Waals surface area contributed by atoms with Crippen LogP contribution in [0.15, 0.2) is 78.2 Å². The summed E-state index contributed by atoms with van der Waals surface area (Å²) in [6.07, 6.45) is 1.08. The lowest BCUT2D eigenvalue weighted by molar-refractivity contribution is -0.136. The highest BCUT2D eigenvalue weighted by Gasteiger charge is 2.13. The van der Waals surface area contributed by atoms with E-state index in [0.29, 0.717) is 17.9 Å². The molecule has 0 radical (unpaired) electrons. The van der Waals surface area contributed by atoms with Gasteiger partial charge in [-0.15, -0.1) is 11.3 Å². The minimum atomic E-state index is -0.945. The number of carbonyl (C=O) groups is 1. The van der Waals surface area contributed by atoms with Gasteiger partial charge >= 0.3 is 5.97 Å². The van der Waals surface area contributed by atoms with Gasteiger partial charge in [-0.3, -0.25) is 4.79 Å². The molecule has 0 saturated carbocycles. The molecule has 0 aliphatic carbocycles. The Balaban J connectivity index is 1.35. The number of hydrogen-bond donors (Lipinski definition) is 1. The Bertz CT molecular complexity index is 1280. The van der Waals surface area contributed by atoms with E-state index in [1.807, 2.05) is 30.3 Å². The first-order chi connectivity index (χ1) is 17.5. The summed E-state index contributed by atoms with van der Waals surface area (Å²) in [5.74, 6) is -0.972. The second-order valence-electron chi connectivity index (χ2n) is 8.56. The zero-order valence-electron chi connectivity index (χ0n) is 20.2. The van der Waals surface area contributed by atoms with Crippen LogP contribution >= 0.6 is 11.3 Å². The maximum absolute atomic E-state index is 14.2. The van der Waals surface area contributed by atoms with Gasteiger partial charge in [0.05, 0.1) is 5.69 Å². The molecule has 36 heavy (non-hydrogen) atoms. The first-order valence-electron chi connectivity index (χ1n) is 12.0. The molecule has 5 nitrogen and oxygen atoms in total. The Morgan fingerprint density at radius 3 is 2.50 bits per heavy atom. The van der Waals surface area contributed by atoms with Gasteiger partial charge in [0, 0.05) is 36.5 Å². The van der Waals surface area contributed by atoms with Crippen molar-refractivity contribution < 1.29 is 19.0 Å². The Morgan fingerprint density at radius 1 is 1.06 bits per heavy atom. The predicted octanol–water partition coefficient (Wildman–Crippen LogP) is 6.96. The number of benzene rings is 3. The number of ether oxygens (including phenoxy) is 1. The summed E-state index contributed by atoms with van der Waals surface area (Å²) in [6.45, 7) is 4.17. The number of anilines is 1. The van der Waals surface area contributed by atoms with Crippen molar-refractivity contribution >= 4 is 22.4 Å². The number of aliphatic carboxylic acids is 1. The Kier molecular flexibility index (Phi) is 8.68. The van der Waals surface area contributed by atoms with Crippen LogP contribution in [0.5, 0.6) is 5.75 Å². The lowest BCUT2D eigenvalue weighted by Crippen LogP contribution is -2.23. The van der Waals surface area contributed by atoms with Gasteiger partial charge in [-0.25, -0.2) is 9.37 Å². The highest BCUT2D eigenvalue weighted by molar-refractivity contribution is 7.14. The van der Waals surface area contributed by atoms with E-state index < -0.39 is 11.8 Å². The van der Waals surface area contributed by atoms with Crippen molar-refractivity contribution in [3.63, 3.8) is 0 Å². The third-order valence-corrected chi connectivity index (χ3v) is 6.66. The summed E-state index contributed by atoms with van der Waals surface area (Å²) >= 11 is 1.66. The summed E-state index contributed by atoms with van der Waals surface area (Å²) in [5, 5.41) is 11.9. The van der Waals surface area contributed by atoms with Crippen molar-refractivity contribution in [3.8, 4) is 17.0 Å². The van der Waals surface area contributed by atoms with Crippen LogP contribution < -0.4 is 9.64 Å². The summed E-state index contributed by atoms with van der Waals surface area (Å²) in [7, 11) is 0. The number of aromatic nitrogens is 1. The van der Waals surface area contributed by atoms with E-state index in [1.165, 1.54) is 11.6 Å². The van der Waals surface area contributed by atoms with Crippen LogP contribution in [-0.2, 0) is 24.4 Å². The first-order valence-corrected chi connectivity index (χ1v) is 12.9. The minimum Gasteiger partial charge on any atom is -0.489 e. The average Bonchev–Trinajstić information content (AvgIpc) is 3.38. The minimum absolute atomic E-state index is 0.101. The number of carboxylic acid groups (broad SMARTS) is 1. The van der Waals surface area contributed by atoms with Crippen LogP contribution in [-0.4, -0.2) is 22.6 Å². The molecule has 7 heteroatoms. The van der Waals surface area contributed by atoms with E-state index in [0.717, 1.165) is 41.5 Å². The molecule has 4 aromatic rings. The quantitative estimate of drug-likeness (QED) is 0.226. The van der Waals surface area contributed by atoms with Crippen molar-refractivity contribution in [2.45, 2.75) is 39.3 Å². The Labute approximate surface area is 214 Å². The number of halogens is 1. The normalized spacial score (nSPS) is 10.8. The number of thiazole rings is 1. The second-order valence-corrected chi connectivity index (χ2v) is 9.39. The third kappa shape index (κ3) is 6.92. The molecule has 0 aliphatic rings. The van der Waals surface area contributed by atoms with Crippen LogP contribution in [0.3, 0.4) is 0 Å². The number of nitrogens with zero attached hydrogens (tertiary/aromatic N) is 2. The van der Waals surface area contributed by atoms with E-state index in [-0.39, 0.29) is 12.8 Å². The van der Waals surface area contributed by atoms with Crippen LogP contribution in [0, 0.1) is 5.82 Å². The largest absolute Gasteiger partial charge is 0.489 e. The van der Waals surface area contributed by atoms with E-state index in [4.69, 9.17) is 14.8 Å². The molecular weight excluding hydrogens is 475 g/mol. The summed E-state index contributed by atoms with van der Waals surface area (Å²) in [6, 6.07) is 23.0. The van der Waals surface area contributed by atoms with Crippen molar-refractivity contribution in [1.29, 1.82) is 0 Å². The highest BCUT2D eigenvalue weighted by atomic mass is 32.1. The zero-order chi connectivity index (χ0) is 25.3. The molecule has 0 unspecified atom stereocenters. The average molecular weight is 505 g/mol.